The van der Waals surface area contributed by atoms with Gasteiger partial charge in [0.15, 0.2) is 5.67 Å². The van der Waals surface area contributed by atoms with E-state index in [9.17, 15) is 9.18 Å². The van der Waals surface area contributed by atoms with Gasteiger partial charge in [-0.25, -0.2) is 14.2 Å². The maximum absolute atomic E-state index is 15.0. The smallest absolute Gasteiger partial charge is 0.410 e. The second-order valence-corrected chi connectivity index (χ2v) is 6.97. The van der Waals surface area contributed by atoms with Crippen LogP contribution in [0.1, 0.15) is 26.3 Å². The minimum Gasteiger partial charge on any atom is -0.444 e. The quantitative estimate of drug-likeness (QED) is 0.807. The number of aromatic nitrogens is 2. The fraction of sp³-hybridized carbons (Fsp3) is 0.467. The van der Waals surface area contributed by atoms with Gasteiger partial charge in [0.25, 0.3) is 0 Å². The van der Waals surface area contributed by atoms with E-state index >= 15 is 0 Å². The van der Waals surface area contributed by atoms with Crippen molar-refractivity contribution in [3.8, 4) is 0 Å². The monoisotopic (exact) mass is 325 g/mol. The average Bonchev–Trinajstić information content (AvgIpc) is 2.81. The van der Waals surface area contributed by atoms with Crippen molar-refractivity contribution in [2.45, 2.75) is 32.0 Å². The second kappa shape index (κ2) is 4.84. The van der Waals surface area contributed by atoms with Gasteiger partial charge >= 0.3 is 6.09 Å². The van der Waals surface area contributed by atoms with E-state index in [1.165, 1.54) is 4.90 Å². The maximum atomic E-state index is 15.0. The average molecular weight is 326 g/mol. The summed E-state index contributed by atoms with van der Waals surface area (Å²) < 4.78 is 21.9. The van der Waals surface area contributed by atoms with E-state index in [2.05, 4.69) is 4.98 Å². The SMILES string of the molecule is CC(C)(C)OC(=O)N1CC(F)(c2cc(Cl)c3cncn3c2)C1. The Labute approximate surface area is 132 Å². The second-order valence-electron chi connectivity index (χ2n) is 6.56. The first-order valence-electron chi connectivity index (χ1n) is 6.96. The number of nitrogens with zero attached hydrogens (tertiary/aromatic N) is 3. The minimum absolute atomic E-state index is 0.0432. The molecule has 0 unspecified atom stereocenters. The van der Waals surface area contributed by atoms with Crippen LogP contribution in [0.5, 0.6) is 0 Å². The molecule has 0 N–H and O–H groups in total. The first-order chi connectivity index (χ1) is 10.2. The zero-order valence-electron chi connectivity index (χ0n) is 12.6. The van der Waals surface area contributed by atoms with Crippen LogP contribution in [0.3, 0.4) is 0 Å². The molecule has 7 heteroatoms. The summed E-state index contributed by atoms with van der Waals surface area (Å²) in [5.41, 5.74) is -1.05. The fourth-order valence-electron chi connectivity index (χ4n) is 2.43. The van der Waals surface area contributed by atoms with Gasteiger partial charge in [0, 0.05) is 11.8 Å². The van der Waals surface area contributed by atoms with Crippen LogP contribution in [-0.4, -0.2) is 39.1 Å². The van der Waals surface area contributed by atoms with Crippen molar-refractivity contribution in [1.29, 1.82) is 0 Å². The van der Waals surface area contributed by atoms with Crippen LogP contribution in [0.15, 0.2) is 24.8 Å². The molecule has 0 aliphatic carbocycles. The fourth-order valence-corrected chi connectivity index (χ4v) is 2.70. The van der Waals surface area contributed by atoms with E-state index in [0.29, 0.717) is 10.6 Å². The predicted molar refractivity (Wildman–Crippen MR) is 80.8 cm³/mol. The minimum atomic E-state index is -1.61. The standard InChI is InChI=1S/C15H17ClFN3O2/c1-14(2,3)22-13(21)20-7-15(17,8-20)10-4-11(16)12-5-18-9-19(12)6-10/h4-6,9H,7-8H2,1-3H3. The van der Waals surface area contributed by atoms with Crippen LogP contribution in [0.2, 0.25) is 5.02 Å². The highest BCUT2D eigenvalue weighted by Gasteiger charge is 2.49. The largest absolute Gasteiger partial charge is 0.444 e. The van der Waals surface area contributed by atoms with Crippen molar-refractivity contribution in [3.63, 3.8) is 0 Å². The van der Waals surface area contributed by atoms with Crippen molar-refractivity contribution in [3.05, 3.63) is 35.4 Å². The van der Waals surface area contributed by atoms with E-state index in [4.69, 9.17) is 16.3 Å². The molecule has 2 aromatic heterocycles. The number of carbonyl (C=O) groups is 1. The first kappa shape index (κ1) is 15.1. The topological polar surface area (TPSA) is 46.8 Å². The van der Waals surface area contributed by atoms with E-state index in [1.807, 2.05) is 0 Å². The zero-order valence-corrected chi connectivity index (χ0v) is 13.4. The Hall–Kier alpha value is -1.82. The molecule has 0 spiro atoms. The molecule has 22 heavy (non-hydrogen) atoms. The number of amides is 1. The number of rotatable bonds is 1. The van der Waals surface area contributed by atoms with Gasteiger partial charge in [-0.3, -0.25) is 0 Å². The summed E-state index contributed by atoms with van der Waals surface area (Å²) in [6, 6.07) is 1.59. The van der Waals surface area contributed by atoms with Gasteiger partial charge in [-0.15, -0.1) is 0 Å². The molecule has 1 fully saturated rings. The van der Waals surface area contributed by atoms with Gasteiger partial charge in [-0.05, 0) is 26.8 Å². The molecule has 1 aliphatic heterocycles. The molecular formula is C15H17ClFN3O2. The maximum Gasteiger partial charge on any atom is 0.410 e. The summed E-state index contributed by atoms with van der Waals surface area (Å²) in [4.78, 5) is 17.2. The molecule has 0 bridgehead atoms. The number of alkyl halides is 1. The van der Waals surface area contributed by atoms with E-state index in [-0.39, 0.29) is 13.1 Å². The van der Waals surface area contributed by atoms with Crippen molar-refractivity contribution in [2.24, 2.45) is 0 Å². The highest BCUT2D eigenvalue weighted by molar-refractivity contribution is 6.33. The molecule has 0 atom stereocenters. The van der Waals surface area contributed by atoms with E-state index in [1.54, 1.807) is 50.0 Å². The number of hydrogen-bond acceptors (Lipinski definition) is 3. The Balaban J connectivity index is 1.77. The van der Waals surface area contributed by atoms with Gasteiger partial charge < -0.3 is 14.0 Å². The molecule has 0 aromatic carbocycles. The van der Waals surface area contributed by atoms with Crippen LogP contribution < -0.4 is 0 Å². The molecule has 3 rings (SSSR count). The Morgan fingerprint density at radius 2 is 2.14 bits per heavy atom. The summed E-state index contributed by atoms with van der Waals surface area (Å²) >= 11 is 6.14. The van der Waals surface area contributed by atoms with Crippen molar-refractivity contribution >= 4 is 23.2 Å². The van der Waals surface area contributed by atoms with Gasteiger partial charge in [-0.2, -0.15) is 0 Å². The lowest BCUT2D eigenvalue weighted by atomic mass is 9.89. The summed E-state index contributed by atoms with van der Waals surface area (Å²) in [5, 5.41) is 0.433. The van der Waals surface area contributed by atoms with Crippen molar-refractivity contribution in [1.82, 2.24) is 14.3 Å². The first-order valence-corrected chi connectivity index (χ1v) is 7.34. The Morgan fingerprint density at radius 1 is 1.45 bits per heavy atom. The van der Waals surface area contributed by atoms with Crippen LogP contribution in [0, 0.1) is 0 Å². The van der Waals surface area contributed by atoms with Gasteiger partial charge in [0.2, 0.25) is 0 Å². The summed E-state index contributed by atoms with van der Waals surface area (Å²) in [5.74, 6) is 0. The number of halogens is 2. The number of fused-ring (bicyclic) bond motifs is 1. The number of pyridine rings is 1. The Kier molecular flexibility index (Phi) is 3.32. The lowest BCUT2D eigenvalue weighted by Gasteiger charge is -2.44. The van der Waals surface area contributed by atoms with Crippen LogP contribution in [0.4, 0.5) is 9.18 Å². The molecule has 0 saturated carbocycles. The Morgan fingerprint density at radius 3 is 2.77 bits per heavy atom. The molecule has 1 aliphatic rings. The lowest BCUT2D eigenvalue weighted by molar-refractivity contribution is -0.0539. The molecular weight excluding hydrogens is 309 g/mol. The molecule has 118 valence electrons. The van der Waals surface area contributed by atoms with E-state index < -0.39 is 17.4 Å². The predicted octanol–water partition coefficient (Wildman–Crippen LogP) is 3.40. The van der Waals surface area contributed by atoms with Crippen molar-refractivity contribution in [2.75, 3.05) is 13.1 Å². The van der Waals surface area contributed by atoms with Crippen LogP contribution in [-0.2, 0) is 10.4 Å². The summed E-state index contributed by atoms with van der Waals surface area (Å²) in [6.07, 6.45) is 4.33. The summed E-state index contributed by atoms with van der Waals surface area (Å²) in [7, 11) is 0. The highest BCUT2D eigenvalue weighted by atomic mass is 35.5. The summed E-state index contributed by atoms with van der Waals surface area (Å²) in [6.45, 7) is 5.25. The molecule has 0 radical (unpaired) electrons. The Bertz CT molecular complexity index is 732. The van der Waals surface area contributed by atoms with Gasteiger partial charge in [0.1, 0.15) is 5.60 Å². The number of imidazole rings is 1. The van der Waals surface area contributed by atoms with Gasteiger partial charge in [0.05, 0.1) is 36.2 Å². The molecule has 2 aromatic rings. The number of ether oxygens (including phenoxy) is 1. The molecule has 1 amide bonds. The normalized spacial score (nSPS) is 17.4. The molecule has 3 heterocycles. The van der Waals surface area contributed by atoms with E-state index in [0.717, 1.165) is 5.52 Å². The lowest BCUT2D eigenvalue weighted by Crippen LogP contribution is -2.59. The molecule has 1 saturated heterocycles. The molecule has 5 nitrogen and oxygen atoms in total. The highest BCUT2D eigenvalue weighted by Crippen LogP contribution is 2.38. The van der Waals surface area contributed by atoms with Gasteiger partial charge in [-0.1, -0.05) is 11.6 Å². The third-order valence-electron chi connectivity index (χ3n) is 3.52. The number of likely N-dealkylation sites (tertiary alicyclic amines) is 1. The van der Waals surface area contributed by atoms with Crippen LogP contribution >= 0.6 is 11.6 Å². The third-order valence-corrected chi connectivity index (χ3v) is 3.83. The zero-order chi connectivity index (χ0) is 16.1. The third kappa shape index (κ3) is 2.63. The van der Waals surface area contributed by atoms with Crippen LogP contribution in [0.25, 0.3) is 5.52 Å². The number of hydrogen-bond donors (Lipinski definition) is 0. The number of carbonyl (C=O) groups excluding carboxylic acids is 1. The van der Waals surface area contributed by atoms with Crippen molar-refractivity contribution < 1.29 is 13.9 Å².